The zero-order chi connectivity index (χ0) is 16.6. The summed E-state index contributed by atoms with van der Waals surface area (Å²) in [5, 5.41) is 0.162. The molecule has 0 bridgehead atoms. The summed E-state index contributed by atoms with van der Waals surface area (Å²) in [5.41, 5.74) is 1.87. The van der Waals surface area contributed by atoms with Crippen LogP contribution >= 0.6 is 11.6 Å². The molecule has 1 aliphatic rings. The molecule has 2 aromatic rings. The van der Waals surface area contributed by atoms with Crippen LogP contribution in [0.25, 0.3) is 0 Å². The Hall–Kier alpha value is -2.05. The van der Waals surface area contributed by atoms with Crippen LogP contribution in [-0.4, -0.2) is 32.8 Å². The first kappa shape index (κ1) is 15.8. The van der Waals surface area contributed by atoms with E-state index in [-0.39, 0.29) is 15.8 Å². The van der Waals surface area contributed by atoms with Gasteiger partial charge in [0.1, 0.15) is 4.90 Å². The lowest BCUT2D eigenvalue weighted by Crippen LogP contribution is -2.34. The van der Waals surface area contributed by atoms with Gasteiger partial charge in [-0.1, -0.05) is 23.7 Å². The molecule has 0 saturated heterocycles. The van der Waals surface area contributed by atoms with E-state index in [1.807, 2.05) is 0 Å². The highest BCUT2D eigenvalue weighted by Crippen LogP contribution is 2.26. The van der Waals surface area contributed by atoms with Crippen molar-refractivity contribution in [3.05, 3.63) is 58.6 Å². The van der Waals surface area contributed by atoms with Gasteiger partial charge in [0, 0.05) is 24.8 Å². The monoisotopic (exact) mass is 350 g/mol. The minimum absolute atomic E-state index is 0.0233. The molecule has 1 aliphatic heterocycles. The van der Waals surface area contributed by atoms with Crippen molar-refractivity contribution in [2.45, 2.75) is 11.3 Å². The van der Waals surface area contributed by atoms with Gasteiger partial charge < -0.3 is 4.90 Å². The average Bonchev–Trinajstić information content (AvgIpc) is 2.51. The van der Waals surface area contributed by atoms with Gasteiger partial charge in [0.15, 0.2) is 0 Å². The van der Waals surface area contributed by atoms with E-state index in [1.54, 1.807) is 42.3 Å². The summed E-state index contributed by atoms with van der Waals surface area (Å²) in [6.07, 6.45) is 0.694. The number of sulfonamides is 1. The number of fused-ring (bicyclic) bond motifs is 1. The fourth-order valence-electron chi connectivity index (χ4n) is 2.54. The largest absolute Gasteiger partial charge is 0.341 e. The van der Waals surface area contributed by atoms with Gasteiger partial charge in [0.05, 0.1) is 5.02 Å². The lowest BCUT2D eigenvalue weighted by molar-refractivity contribution is 0.0781. The molecular formula is C16H15ClN2O3S. The van der Waals surface area contributed by atoms with E-state index in [0.717, 1.165) is 5.56 Å². The van der Waals surface area contributed by atoms with Crippen molar-refractivity contribution in [3.8, 4) is 0 Å². The van der Waals surface area contributed by atoms with Gasteiger partial charge in [-0.05, 0) is 42.3 Å². The number of hydrogen-bond acceptors (Lipinski definition) is 3. The quantitative estimate of drug-likeness (QED) is 0.925. The predicted octanol–water partition coefficient (Wildman–Crippen LogP) is 2.77. The number of carbonyl (C=O) groups is 1. The Bertz CT molecular complexity index is 881. The minimum Gasteiger partial charge on any atom is -0.341 e. The summed E-state index contributed by atoms with van der Waals surface area (Å²) in [6, 6.07) is 11.2. The third kappa shape index (κ3) is 3.04. The number of carbonyl (C=O) groups excluding carboxylic acids is 1. The minimum atomic E-state index is -3.77. The number of amides is 1. The number of benzene rings is 2. The van der Waals surface area contributed by atoms with Crippen LogP contribution < -0.4 is 4.72 Å². The molecule has 2 aromatic carbocycles. The van der Waals surface area contributed by atoms with Crippen molar-refractivity contribution in [3.63, 3.8) is 0 Å². The van der Waals surface area contributed by atoms with E-state index in [1.165, 1.54) is 12.1 Å². The molecule has 0 radical (unpaired) electrons. The molecule has 23 heavy (non-hydrogen) atoms. The highest BCUT2D eigenvalue weighted by atomic mass is 35.5. The number of rotatable bonds is 3. The smallest absolute Gasteiger partial charge is 0.263 e. The molecule has 1 N–H and O–H groups in total. The number of nitrogens with one attached hydrogen (secondary N) is 1. The van der Waals surface area contributed by atoms with Gasteiger partial charge in [0.2, 0.25) is 0 Å². The fraction of sp³-hybridized carbons (Fsp3) is 0.188. The molecular weight excluding hydrogens is 336 g/mol. The van der Waals surface area contributed by atoms with Crippen LogP contribution in [0.5, 0.6) is 0 Å². The summed E-state index contributed by atoms with van der Waals surface area (Å²) in [6.45, 7) is 0.618. The third-order valence-electron chi connectivity index (χ3n) is 3.78. The first-order valence-electron chi connectivity index (χ1n) is 7.04. The third-order valence-corrected chi connectivity index (χ3v) is 5.66. The maximum absolute atomic E-state index is 12.4. The fourth-order valence-corrected chi connectivity index (χ4v) is 4.11. The van der Waals surface area contributed by atoms with Crippen molar-refractivity contribution in [2.24, 2.45) is 0 Å². The normalized spacial score (nSPS) is 14.5. The van der Waals surface area contributed by atoms with E-state index in [0.29, 0.717) is 24.2 Å². The summed E-state index contributed by atoms with van der Waals surface area (Å²) >= 11 is 5.96. The van der Waals surface area contributed by atoms with Crippen molar-refractivity contribution in [1.29, 1.82) is 0 Å². The lowest BCUT2D eigenvalue weighted by Gasteiger charge is -2.25. The van der Waals surface area contributed by atoms with Gasteiger partial charge in [-0.2, -0.15) is 0 Å². The molecule has 0 atom stereocenters. The van der Waals surface area contributed by atoms with Gasteiger partial charge >= 0.3 is 0 Å². The Kier molecular flexibility index (Phi) is 4.04. The summed E-state index contributed by atoms with van der Waals surface area (Å²) in [5.74, 6) is -0.0493. The van der Waals surface area contributed by atoms with E-state index < -0.39 is 10.0 Å². The van der Waals surface area contributed by atoms with E-state index in [4.69, 9.17) is 11.6 Å². The number of halogens is 1. The van der Waals surface area contributed by atoms with E-state index in [9.17, 15) is 13.2 Å². The van der Waals surface area contributed by atoms with E-state index in [2.05, 4.69) is 4.72 Å². The Morgan fingerprint density at radius 2 is 1.91 bits per heavy atom. The maximum atomic E-state index is 12.4. The van der Waals surface area contributed by atoms with Crippen LogP contribution in [0.15, 0.2) is 47.4 Å². The molecule has 1 amide bonds. The molecule has 0 unspecified atom stereocenters. The lowest BCUT2D eigenvalue weighted by atomic mass is 9.99. The molecule has 0 fully saturated rings. The number of hydrogen-bond donors (Lipinski definition) is 1. The molecule has 0 aromatic heterocycles. The van der Waals surface area contributed by atoms with E-state index >= 15 is 0 Å². The second-order valence-corrected chi connectivity index (χ2v) is 7.44. The summed E-state index contributed by atoms with van der Waals surface area (Å²) in [4.78, 5) is 13.7. The maximum Gasteiger partial charge on any atom is 0.263 e. The number of nitrogens with zero attached hydrogens (tertiary/aromatic N) is 1. The molecule has 7 heteroatoms. The summed E-state index contributed by atoms with van der Waals surface area (Å²) in [7, 11) is -2.02. The zero-order valence-corrected chi connectivity index (χ0v) is 14.0. The Morgan fingerprint density at radius 3 is 2.65 bits per heavy atom. The SMILES string of the molecule is CN1CCc2cc(NS(=O)(=O)c3ccccc3Cl)ccc2C1=O. The van der Waals surface area contributed by atoms with Gasteiger partial charge in [-0.15, -0.1) is 0 Å². The number of likely N-dealkylation sites (N-methyl/N-ethyl adjacent to an activating group) is 1. The van der Waals surface area contributed by atoms with Gasteiger partial charge in [-0.3, -0.25) is 9.52 Å². The topological polar surface area (TPSA) is 66.5 Å². The second kappa shape index (κ2) is 5.86. The van der Waals surface area contributed by atoms with Gasteiger partial charge in [-0.25, -0.2) is 8.42 Å². The summed E-state index contributed by atoms with van der Waals surface area (Å²) < 4.78 is 27.4. The molecule has 0 saturated carbocycles. The average molecular weight is 351 g/mol. The Labute approximate surface area is 139 Å². The molecule has 1 heterocycles. The van der Waals surface area contributed by atoms with Crippen LogP contribution in [-0.2, 0) is 16.4 Å². The molecule has 120 valence electrons. The van der Waals surface area contributed by atoms with Crippen molar-refractivity contribution in [2.75, 3.05) is 18.3 Å². The predicted molar refractivity (Wildman–Crippen MR) is 89.4 cm³/mol. The van der Waals surface area contributed by atoms with Crippen LogP contribution in [0, 0.1) is 0 Å². The Morgan fingerprint density at radius 1 is 1.17 bits per heavy atom. The Balaban J connectivity index is 1.93. The highest BCUT2D eigenvalue weighted by molar-refractivity contribution is 7.92. The van der Waals surface area contributed by atoms with Crippen molar-refractivity contribution >= 4 is 33.2 Å². The standard InChI is InChI=1S/C16H15ClN2O3S/c1-19-9-8-11-10-12(6-7-13(11)16(19)20)18-23(21,22)15-5-3-2-4-14(15)17/h2-7,10,18H,8-9H2,1H3. The molecule has 0 spiro atoms. The highest BCUT2D eigenvalue weighted by Gasteiger charge is 2.23. The molecule has 3 rings (SSSR count). The molecule has 0 aliphatic carbocycles. The molecule has 5 nitrogen and oxygen atoms in total. The van der Waals surface area contributed by atoms with Crippen LogP contribution in [0.4, 0.5) is 5.69 Å². The second-order valence-electron chi connectivity index (χ2n) is 5.38. The van der Waals surface area contributed by atoms with Gasteiger partial charge in [0.25, 0.3) is 15.9 Å². The van der Waals surface area contributed by atoms with Crippen molar-refractivity contribution < 1.29 is 13.2 Å². The van der Waals surface area contributed by atoms with Crippen LogP contribution in [0.3, 0.4) is 0 Å². The van der Waals surface area contributed by atoms with Crippen molar-refractivity contribution in [1.82, 2.24) is 4.90 Å². The van der Waals surface area contributed by atoms with Crippen LogP contribution in [0.2, 0.25) is 5.02 Å². The zero-order valence-electron chi connectivity index (χ0n) is 12.4. The number of anilines is 1. The first-order chi connectivity index (χ1) is 10.9. The van der Waals surface area contributed by atoms with Crippen LogP contribution in [0.1, 0.15) is 15.9 Å². The first-order valence-corrected chi connectivity index (χ1v) is 8.90.